The van der Waals surface area contributed by atoms with E-state index in [1.54, 1.807) is 0 Å². The Labute approximate surface area is 111 Å². The molecule has 5 nitrogen and oxygen atoms in total. The Morgan fingerprint density at radius 3 is 2.56 bits per heavy atom. The third kappa shape index (κ3) is 4.74. The van der Waals surface area contributed by atoms with Gasteiger partial charge in [-0.25, -0.2) is 4.68 Å². The van der Waals surface area contributed by atoms with Crippen molar-refractivity contribution in [2.75, 3.05) is 20.1 Å². The van der Waals surface area contributed by atoms with Gasteiger partial charge in [-0.15, -0.1) is 5.10 Å². The Balaban J connectivity index is 2.30. The summed E-state index contributed by atoms with van der Waals surface area (Å²) in [5.74, 6) is 0. The quantitative estimate of drug-likeness (QED) is 0.780. The number of hydrogen-bond acceptors (Lipinski definition) is 4. The Morgan fingerprint density at radius 1 is 1.39 bits per heavy atom. The lowest BCUT2D eigenvalue weighted by atomic mass is 10.1. The summed E-state index contributed by atoms with van der Waals surface area (Å²) in [5, 5.41) is 11.7. The van der Waals surface area contributed by atoms with E-state index in [1.165, 1.54) is 0 Å². The second-order valence-corrected chi connectivity index (χ2v) is 6.08. The van der Waals surface area contributed by atoms with Crippen molar-refractivity contribution in [2.45, 2.75) is 52.7 Å². The van der Waals surface area contributed by atoms with Gasteiger partial charge >= 0.3 is 0 Å². The van der Waals surface area contributed by atoms with E-state index in [0.29, 0.717) is 6.04 Å². The minimum Gasteiger partial charge on any atom is -0.310 e. The zero-order chi connectivity index (χ0) is 13.8. The number of rotatable bonds is 6. The predicted octanol–water partition coefficient (Wildman–Crippen LogP) is 1.46. The molecule has 5 heteroatoms. The molecule has 18 heavy (non-hydrogen) atoms. The fourth-order valence-corrected chi connectivity index (χ4v) is 1.44. The molecule has 0 aromatic carbocycles. The SMILES string of the molecule is CC(C)N(C)CCNCc1cn(C(C)(C)C)nn1. The first-order valence-electron chi connectivity index (χ1n) is 6.63. The van der Waals surface area contributed by atoms with Crippen LogP contribution in [0.25, 0.3) is 0 Å². The van der Waals surface area contributed by atoms with Crippen LogP contribution in [0.15, 0.2) is 6.20 Å². The molecule has 0 radical (unpaired) electrons. The molecule has 0 amide bonds. The van der Waals surface area contributed by atoms with Crippen LogP contribution in [-0.2, 0) is 12.1 Å². The Kier molecular flexibility index (Phi) is 5.28. The van der Waals surface area contributed by atoms with E-state index in [4.69, 9.17) is 0 Å². The van der Waals surface area contributed by atoms with Crippen LogP contribution in [0.1, 0.15) is 40.3 Å². The largest absolute Gasteiger partial charge is 0.310 e. The zero-order valence-corrected chi connectivity index (χ0v) is 12.6. The van der Waals surface area contributed by atoms with E-state index >= 15 is 0 Å². The van der Waals surface area contributed by atoms with Gasteiger partial charge in [-0.3, -0.25) is 0 Å². The number of nitrogens with one attached hydrogen (secondary N) is 1. The van der Waals surface area contributed by atoms with E-state index in [2.05, 4.69) is 62.2 Å². The number of hydrogen-bond donors (Lipinski definition) is 1. The highest BCUT2D eigenvalue weighted by Gasteiger charge is 2.14. The second-order valence-electron chi connectivity index (χ2n) is 6.08. The summed E-state index contributed by atoms with van der Waals surface area (Å²) in [6, 6.07) is 0.591. The van der Waals surface area contributed by atoms with Crippen molar-refractivity contribution in [1.29, 1.82) is 0 Å². The van der Waals surface area contributed by atoms with Gasteiger partial charge in [0.2, 0.25) is 0 Å². The molecule has 1 heterocycles. The maximum absolute atomic E-state index is 4.17. The van der Waals surface area contributed by atoms with Crippen LogP contribution in [0.3, 0.4) is 0 Å². The van der Waals surface area contributed by atoms with Gasteiger partial charge in [0.15, 0.2) is 0 Å². The molecule has 0 aliphatic heterocycles. The Hall–Kier alpha value is -0.940. The minimum absolute atomic E-state index is 0.00309. The summed E-state index contributed by atoms with van der Waals surface area (Å²) < 4.78 is 1.91. The fourth-order valence-electron chi connectivity index (χ4n) is 1.44. The first-order chi connectivity index (χ1) is 8.30. The lowest BCUT2D eigenvalue weighted by molar-refractivity contribution is 0.273. The molecule has 0 aliphatic carbocycles. The van der Waals surface area contributed by atoms with Gasteiger partial charge in [0.25, 0.3) is 0 Å². The van der Waals surface area contributed by atoms with E-state index in [9.17, 15) is 0 Å². The van der Waals surface area contributed by atoms with Crippen LogP contribution < -0.4 is 5.32 Å². The smallest absolute Gasteiger partial charge is 0.0965 e. The summed E-state index contributed by atoms with van der Waals surface area (Å²) >= 11 is 0. The first kappa shape index (κ1) is 15.1. The molecule has 0 atom stereocenters. The van der Waals surface area contributed by atoms with Crippen LogP contribution in [-0.4, -0.2) is 46.1 Å². The van der Waals surface area contributed by atoms with Crippen molar-refractivity contribution in [1.82, 2.24) is 25.2 Å². The lowest BCUT2D eigenvalue weighted by Crippen LogP contribution is -2.33. The van der Waals surface area contributed by atoms with Crippen LogP contribution in [0, 0.1) is 0 Å². The Morgan fingerprint density at radius 2 is 2.06 bits per heavy atom. The first-order valence-corrected chi connectivity index (χ1v) is 6.63. The average molecular weight is 253 g/mol. The molecule has 0 spiro atoms. The number of aromatic nitrogens is 3. The minimum atomic E-state index is 0.00309. The molecule has 0 fully saturated rings. The maximum Gasteiger partial charge on any atom is 0.0965 e. The third-order valence-corrected chi connectivity index (χ3v) is 3.06. The summed E-state index contributed by atoms with van der Waals surface area (Å²) in [5.41, 5.74) is 1.00. The molecule has 1 aromatic rings. The predicted molar refractivity (Wildman–Crippen MR) is 74.5 cm³/mol. The molecular weight excluding hydrogens is 226 g/mol. The van der Waals surface area contributed by atoms with Crippen LogP contribution in [0.2, 0.25) is 0 Å². The average Bonchev–Trinajstić information content (AvgIpc) is 2.72. The lowest BCUT2D eigenvalue weighted by Gasteiger charge is -2.20. The van der Waals surface area contributed by atoms with Crippen molar-refractivity contribution in [3.63, 3.8) is 0 Å². The molecule has 1 aromatic heterocycles. The zero-order valence-electron chi connectivity index (χ0n) is 12.6. The van der Waals surface area contributed by atoms with Crippen LogP contribution in [0.5, 0.6) is 0 Å². The standard InChI is InChI=1S/C13H27N5/c1-11(2)17(6)8-7-14-9-12-10-18(16-15-12)13(3,4)5/h10-11,14H,7-9H2,1-6H3. The van der Waals surface area contributed by atoms with E-state index in [0.717, 1.165) is 25.3 Å². The molecule has 104 valence electrons. The highest BCUT2D eigenvalue weighted by atomic mass is 15.4. The third-order valence-electron chi connectivity index (χ3n) is 3.06. The molecule has 0 aliphatic rings. The molecule has 0 saturated carbocycles. The summed E-state index contributed by atoms with van der Waals surface area (Å²) in [6.07, 6.45) is 2.01. The van der Waals surface area contributed by atoms with Crippen molar-refractivity contribution >= 4 is 0 Å². The summed E-state index contributed by atoms with van der Waals surface area (Å²) in [7, 11) is 2.14. The molecule has 1 N–H and O–H groups in total. The fraction of sp³-hybridized carbons (Fsp3) is 0.846. The van der Waals surface area contributed by atoms with Gasteiger partial charge in [-0.2, -0.15) is 0 Å². The topological polar surface area (TPSA) is 46.0 Å². The summed E-state index contributed by atoms with van der Waals surface area (Å²) in [6.45, 7) is 13.6. The van der Waals surface area contributed by atoms with Gasteiger partial charge in [0, 0.05) is 25.7 Å². The molecule has 0 unspecified atom stereocenters. The van der Waals surface area contributed by atoms with Crippen LogP contribution >= 0.6 is 0 Å². The highest BCUT2D eigenvalue weighted by Crippen LogP contribution is 2.11. The van der Waals surface area contributed by atoms with Gasteiger partial charge in [-0.05, 0) is 41.7 Å². The van der Waals surface area contributed by atoms with E-state index in [1.807, 2.05) is 10.9 Å². The van der Waals surface area contributed by atoms with Gasteiger partial charge < -0.3 is 10.2 Å². The van der Waals surface area contributed by atoms with Crippen molar-refractivity contribution in [3.05, 3.63) is 11.9 Å². The second kappa shape index (κ2) is 6.29. The van der Waals surface area contributed by atoms with Crippen molar-refractivity contribution in [2.24, 2.45) is 0 Å². The molecular formula is C13H27N5. The van der Waals surface area contributed by atoms with Crippen molar-refractivity contribution in [3.8, 4) is 0 Å². The number of nitrogens with zero attached hydrogens (tertiary/aromatic N) is 4. The monoisotopic (exact) mass is 253 g/mol. The van der Waals surface area contributed by atoms with E-state index in [-0.39, 0.29) is 5.54 Å². The van der Waals surface area contributed by atoms with Crippen molar-refractivity contribution < 1.29 is 0 Å². The Bertz CT molecular complexity index is 351. The summed E-state index contributed by atoms with van der Waals surface area (Å²) in [4.78, 5) is 2.32. The van der Waals surface area contributed by atoms with Crippen LogP contribution in [0.4, 0.5) is 0 Å². The highest BCUT2D eigenvalue weighted by molar-refractivity contribution is 4.94. The molecule has 1 rings (SSSR count). The van der Waals surface area contributed by atoms with Gasteiger partial charge in [0.05, 0.1) is 17.4 Å². The van der Waals surface area contributed by atoms with E-state index < -0.39 is 0 Å². The maximum atomic E-state index is 4.17. The molecule has 0 bridgehead atoms. The molecule has 0 saturated heterocycles. The normalized spacial score (nSPS) is 12.7. The number of likely N-dealkylation sites (N-methyl/N-ethyl adjacent to an activating group) is 1. The van der Waals surface area contributed by atoms with Gasteiger partial charge in [0.1, 0.15) is 0 Å². The van der Waals surface area contributed by atoms with Gasteiger partial charge in [-0.1, -0.05) is 5.21 Å².